The number of nitrogens with one attached hydrogen (secondary N) is 1. The van der Waals surface area contributed by atoms with Crippen molar-refractivity contribution in [2.45, 2.75) is 25.3 Å². The van der Waals surface area contributed by atoms with Crippen molar-refractivity contribution in [1.82, 2.24) is 10.2 Å². The molecule has 1 aliphatic heterocycles. The summed E-state index contributed by atoms with van der Waals surface area (Å²) in [5.41, 5.74) is 0. The van der Waals surface area contributed by atoms with Gasteiger partial charge in [0.1, 0.15) is 0 Å². The van der Waals surface area contributed by atoms with Crippen molar-refractivity contribution in [2.24, 2.45) is 11.8 Å². The summed E-state index contributed by atoms with van der Waals surface area (Å²) in [6.45, 7) is 2.59. The van der Waals surface area contributed by atoms with Gasteiger partial charge in [-0.15, -0.1) is 0 Å². The Morgan fingerprint density at radius 1 is 1.12 bits per heavy atom. The molecule has 1 heterocycles. The standard InChI is InChI=1S/C12H18N2O3/c15-11(13-8-1-2-8)9-7-10(9)12(16)14-3-5-17-6-4-14/h8-10H,1-7H2,(H,13,15). The molecule has 2 atom stereocenters. The van der Waals surface area contributed by atoms with Crippen molar-refractivity contribution >= 4 is 11.8 Å². The van der Waals surface area contributed by atoms with Crippen LogP contribution in [0, 0.1) is 11.8 Å². The quantitative estimate of drug-likeness (QED) is 0.738. The van der Waals surface area contributed by atoms with Crippen LogP contribution in [0.3, 0.4) is 0 Å². The minimum atomic E-state index is -0.0639. The van der Waals surface area contributed by atoms with Crippen LogP contribution in [0.1, 0.15) is 19.3 Å². The Bertz CT molecular complexity index is 335. The van der Waals surface area contributed by atoms with E-state index in [-0.39, 0.29) is 23.7 Å². The van der Waals surface area contributed by atoms with Gasteiger partial charge >= 0.3 is 0 Å². The van der Waals surface area contributed by atoms with Crippen LogP contribution >= 0.6 is 0 Å². The van der Waals surface area contributed by atoms with Crippen LogP contribution in [0.5, 0.6) is 0 Å². The van der Waals surface area contributed by atoms with Gasteiger partial charge in [-0.3, -0.25) is 9.59 Å². The predicted molar refractivity (Wildman–Crippen MR) is 60.2 cm³/mol. The summed E-state index contributed by atoms with van der Waals surface area (Å²) in [6.07, 6.45) is 2.93. The minimum absolute atomic E-state index is 0.0631. The molecule has 2 saturated carbocycles. The molecule has 3 aliphatic rings. The third kappa shape index (κ3) is 2.44. The lowest BCUT2D eigenvalue weighted by Gasteiger charge is -2.27. The number of rotatable bonds is 3. The Morgan fingerprint density at radius 3 is 2.47 bits per heavy atom. The maximum Gasteiger partial charge on any atom is 0.226 e. The van der Waals surface area contributed by atoms with Crippen LogP contribution in [0.25, 0.3) is 0 Å². The van der Waals surface area contributed by atoms with Crippen molar-refractivity contribution in [3.8, 4) is 0 Å². The summed E-state index contributed by atoms with van der Waals surface area (Å²) < 4.78 is 5.21. The van der Waals surface area contributed by atoms with E-state index in [1.165, 1.54) is 0 Å². The second-order valence-corrected chi connectivity index (χ2v) is 5.17. The first-order chi connectivity index (χ1) is 8.25. The number of ether oxygens (including phenoxy) is 1. The average Bonchev–Trinajstić information content (AvgIpc) is 3.22. The van der Waals surface area contributed by atoms with Crippen molar-refractivity contribution in [3.05, 3.63) is 0 Å². The third-order valence-corrected chi connectivity index (χ3v) is 3.69. The number of hydrogen-bond donors (Lipinski definition) is 1. The van der Waals surface area contributed by atoms with E-state index in [0.29, 0.717) is 32.3 Å². The first kappa shape index (κ1) is 11.0. The molecule has 3 rings (SSSR count). The predicted octanol–water partition coefficient (Wildman–Crippen LogP) is -0.240. The zero-order valence-corrected chi connectivity index (χ0v) is 9.85. The minimum Gasteiger partial charge on any atom is -0.378 e. The van der Waals surface area contributed by atoms with Crippen molar-refractivity contribution in [1.29, 1.82) is 0 Å². The van der Waals surface area contributed by atoms with Crippen LogP contribution < -0.4 is 5.32 Å². The number of carbonyl (C=O) groups excluding carboxylic acids is 2. The van der Waals surface area contributed by atoms with Gasteiger partial charge in [-0.25, -0.2) is 0 Å². The lowest BCUT2D eigenvalue weighted by molar-refractivity contribution is -0.138. The maximum atomic E-state index is 12.1. The molecule has 0 radical (unpaired) electrons. The van der Waals surface area contributed by atoms with Crippen LogP contribution in [-0.4, -0.2) is 49.1 Å². The van der Waals surface area contributed by atoms with Crippen molar-refractivity contribution in [2.75, 3.05) is 26.3 Å². The van der Waals surface area contributed by atoms with Gasteiger partial charge < -0.3 is 15.0 Å². The second-order valence-electron chi connectivity index (χ2n) is 5.17. The Morgan fingerprint density at radius 2 is 1.82 bits per heavy atom. The SMILES string of the molecule is O=C(NC1CC1)C1CC1C(=O)N1CCOCC1. The largest absolute Gasteiger partial charge is 0.378 e. The summed E-state index contributed by atoms with van der Waals surface area (Å²) in [5, 5.41) is 2.97. The van der Waals surface area contributed by atoms with Crippen LogP contribution in [0.15, 0.2) is 0 Å². The van der Waals surface area contributed by atoms with E-state index in [1.54, 1.807) is 0 Å². The third-order valence-electron chi connectivity index (χ3n) is 3.69. The first-order valence-electron chi connectivity index (χ1n) is 6.42. The Kier molecular flexibility index (Phi) is 2.78. The average molecular weight is 238 g/mol. The molecule has 0 bridgehead atoms. The van der Waals surface area contributed by atoms with E-state index in [0.717, 1.165) is 19.3 Å². The molecule has 0 aromatic rings. The summed E-state index contributed by atoms with van der Waals surface area (Å²) in [7, 11) is 0. The molecule has 2 amide bonds. The normalized spacial score (nSPS) is 32.1. The molecular formula is C12H18N2O3. The lowest BCUT2D eigenvalue weighted by atomic mass is 10.2. The number of nitrogens with zero attached hydrogens (tertiary/aromatic N) is 1. The molecule has 0 aromatic heterocycles. The lowest BCUT2D eigenvalue weighted by Crippen LogP contribution is -2.42. The second kappa shape index (κ2) is 4.29. The highest BCUT2D eigenvalue weighted by molar-refractivity contribution is 5.92. The summed E-state index contributed by atoms with van der Waals surface area (Å²) in [6, 6.07) is 0.391. The Balaban J connectivity index is 1.49. The fraction of sp³-hybridized carbons (Fsp3) is 0.833. The van der Waals surface area contributed by atoms with Crippen LogP contribution in [-0.2, 0) is 14.3 Å². The van der Waals surface area contributed by atoms with E-state index < -0.39 is 0 Å². The highest BCUT2D eigenvalue weighted by Gasteiger charge is 2.50. The Hall–Kier alpha value is -1.10. The first-order valence-corrected chi connectivity index (χ1v) is 6.42. The van der Waals surface area contributed by atoms with Gasteiger partial charge in [0, 0.05) is 19.1 Å². The molecule has 2 aliphatic carbocycles. The zero-order chi connectivity index (χ0) is 11.8. The summed E-state index contributed by atoms with van der Waals surface area (Å²) in [4.78, 5) is 25.6. The van der Waals surface area contributed by atoms with E-state index in [9.17, 15) is 9.59 Å². The summed E-state index contributed by atoms with van der Waals surface area (Å²) in [5.74, 6) is 0.0983. The van der Waals surface area contributed by atoms with Crippen LogP contribution in [0.4, 0.5) is 0 Å². The van der Waals surface area contributed by atoms with E-state index in [2.05, 4.69) is 5.32 Å². The molecule has 3 fully saturated rings. The molecule has 0 spiro atoms. The monoisotopic (exact) mass is 238 g/mol. The van der Waals surface area contributed by atoms with Gasteiger partial charge in [-0.05, 0) is 19.3 Å². The highest BCUT2D eigenvalue weighted by atomic mass is 16.5. The van der Waals surface area contributed by atoms with Crippen LogP contribution in [0.2, 0.25) is 0 Å². The smallest absolute Gasteiger partial charge is 0.226 e. The molecule has 17 heavy (non-hydrogen) atoms. The fourth-order valence-corrected chi connectivity index (χ4v) is 2.31. The van der Waals surface area contributed by atoms with Gasteiger partial charge in [-0.1, -0.05) is 0 Å². The van der Waals surface area contributed by atoms with Gasteiger partial charge in [0.05, 0.1) is 25.0 Å². The summed E-state index contributed by atoms with van der Waals surface area (Å²) >= 11 is 0. The van der Waals surface area contributed by atoms with Gasteiger partial charge in [0.15, 0.2) is 0 Å². The fourth-order valence-electron chi connectivity index (χ4n) is 2.31. The molecule has 5 heteroatoms. The van der Waals surface area contributed by atoms with Gasteiger partial charge in [-0.2, -0.15) is 0 Å². The van der Waals surface area contributed by atoms with Gasteiger partial charge in [0.2, 0.25) is 11.8 Å². The number of morpholine rings is 1. The molecule has 0 aromatic carbocycles. The Labute approximate surface area is 100 Å². The molecule has 94 valence electrons. The number of hydrogen-bond acceptors (Lipinski definition) is 3. The topological polar surface area (TPSA) is 58.6 Å². The zero-order valence-electron chi connectivity index (χ0n) is 9.85. The highest BCUT2D eigenvalue weighted by Crippen LogP contribution is 2.40. The molecule has 5 nitrogen and oxygen atoms in total. The molecule has 1 N–H and O–H groups in total. The van der Waals surface area contributed by atoms with Gasteiger partial charge in [0.25, 0.3) is 0 Å². The molecular weight excluding hydrogens is 220 g/mol. The van der Waals surface area contributed by atoms with E-state index >= 15 is 0 Å². The van der Waals surface area contributed by atoms with E-state index in [1.807, 2.05) is 4.90 Å². The number of amides is 2. The van der Waals surface area contributed by atoms with Crippen molar-refractivity contribution < 1.29 is 14.3 Å². The van der Waals surface area contributed by atoms with E-state index in [4.69, 9.17) is 4.74 Å². The molecule has 2 unspecified atom stereocenters. The maximum absolute atomic E-state index is 12.1. The number of carbonyl (C=O) groups is 2. The molecule has 1 saturated heterocycles. The van der Waals surface area contributed by atoms with Crippen molar-refractivity contribution in [3.63, 3.8) is 0 Å².